The molecule has 1 aliphatic rings. The third kappa shape index (κ3) is 3.24. The van der Waals surface area contributed by atoms with E-state index in [1.165, 1.54) is 0 Å². The summed E-state index contributed by atoms with van der Waals surface area (Å²) >= 11 is 6.13. The first-order chi connectivity index (χ1) is 12.6. The van der Waals surface area contributed by atoms with Crippen molar-refractivity contribution in [2.75, 3.05) is 18.4 Å². The molecule has 1 aliphatic heterocycles. The standard InChI is InChI=1S/C19H20ClN5O/c1-13-4-5-14(11-16(13)20)23-19(26)24-9-6-15(7-10-24)25-12-22-17-3-2-8-21-18(17)25/h2-5,8,11-12,15H,6-7,9-10H2,1H3,(H,23,26). The number of urea groups is 1. The average Bonchev–Trinajstić information content (AvgIpc) is 3.09. The third-order valence-corrected chi connectivity index (χ3v) is 5.31. The van der Waals surface area contributed by atoms with Crippen LogP contribution >= 0.6 is 11.6 Å². The molecule has 4 rings (SSSR count). The van der Waals surface area contributed by atoms with E-state index < -0.39 is 0 Å². The molecule has 0 radical (unpaired) electrons. The lowest BCUT2D eigenvalue weighted by molar-refractivity contribution is 0.184. The lowest BCUT2D eigenvalue weighted by Crippen LogP contribution is -2.41. The largest absolute Gasteiger partial charge is 0.324 e. The molecule has 1 N–H and O–H groups in total. The maximum Gasteiger partial charge on any atom is 0.321 e. The number of benzene rings is 1. The van der Waals surface area contributed by atoms with Gasteiger partial charge in [0.25, 0.3) is 0 Å². The number of anilines is 1. The second-order valence-electron chi connectivity index (χ2n) is 6.61. The molecule has 2 aromatic heterocycles. The molecule has 134 valence electrons. The number of pyridine rings is 1. The molecule has 1 saturated heterocycles. The number of fused-ring (bicyclic) bond motifs is 1. The highest BCUT2D eigenvalue weighted by Gasteiger charge is 2.25. The monoisotopic (exact) mass is 369 g/mol. The maximum atomic E-state index is 12.5. The van der Waals surface area contributed by atoms with Gasteiger partial charge in [-0.2, -0.15) is 0 Å². The fourth-order valence-corrected chi connectivity index (χ4v) is 3.54. The number of aromatic nitrogens is 3. The van der Waals surface area contributed by atoms with E-state index in [1.54, 1.807) is 12.3 Å². The summed E-state index contributed by atoms with van der Waals surface area (Å²) in [6.45, 7) is 3.33. The maximum absolute atomic E-state index is 12.5. The molecule has 3 heterocycles. The van der Waals surface area contributed by atoms with Crippen LogP contribution in [0.1, 0.15) is 24.4 Å². The molecule has 3 aromatic rings. The first-order valence-electron chi connectivity index (χ1n) is 8.71. The Bertz CT molecular complexity index is 946. The molecule has 7 heteroatoms. The SMILES string of the molecule is Cc1ccc(NC(=O)N2CCC(n3cnc4cccnc43)CC2)cc1Cl. The molecule has 0 aliphatic carbocycles. The molecule has 0 atom stereocenters. The van der Waals surface area contributed by atoms with Crippen molar-refractivity contribution in [3.63, 3.8) is 0 Å². The summed E-state index contributed by atoms with van der Waals surface area (Å²) in [4.78, 5) is 23.2. The van der Waals surface area contributed by atoms with E-state index in [0.717, 1.165) is 35.3 Å². The molecule has 2 amide bonds. The number of aryl methyl sites for hydroxylation is 1. The number of amides is 2. The molecule has 6 nitrogen and oxygen atoms in total. The number of halogens is 1. The summed E-state index contributed by atoms with van der Waals surface area (Å²) in [6.07, 6.45) is 5.40. The van der Waals surface area contributed by atoms with Gasteiger partial charge in [-0.3, -0.25) is 0 Å². The zero-order valence-corrected chi connectivity index (χ0v) is 15.3. The van der Waals surface area contributed by atoms with E-state index in [0.29, 0.717) is 24.2 Å². The number of carbonyl (C=O) groups excluding carboxylic acids is 1. The van der Waals surface area contributed by atoms with Gasteiger partial charge < -0.3 is 14.8 Å². The molecule has 1 aromatic carbocycles. The normalized spacial score (nSPS) is 15.4. The second kappa shape index (κ2) is 6.96. The fraction of sp³-hybridized carbons (Fsp3) is 0.316. The van der Waals surface area contributed by atoms with Crippen LogP contribution in [0.5, 0.6) is 0 Å². The highest BCUT2D eigenvalue weighted by atomic mass is 35.5. The van der Waals surface area contributed by atoms with Gasteiger partial charge in [-0.15, -0.1) is 0 Å². The van der Waals surface area contributed by atoms with Gasteiger partial charge in [0, 0.05) is 36.0 Å². The smallest absolute Gasteiger partial charge is 0.321 e. The van der Waals surface area contributed by atoms with Crippen LogP contribution in [0.3, 0.4) is 0 Å². The lowest BCUT2D eigenvalue weighted by Gasteiger charge is -2.32. The second-order valence-corrected chi connectivity index (χ2v) is 7.02. The van der Waals surface area contributed by atoms with Gasteiger partial charge in [0.1, 0.15) is 5.52 Å². The Morgan fingerprint density at radius 3 is 2.81 bits per heavy atom. The minimum atomic E-state index is -0.0861. The Morgan fingerprint density at radius 2 is 2.04 bits per heavy atom. The van der Waals surface area contributed by atoms with Gasteiger partial charge >= 0.3 is 6.03 Å². The van der Waals surface area contributed by atoms with Crippen LogP contribution in [0.15, 0.2) is 42.9 Å². The van der Waals surface area contributed by atoms with Crippen molar-refractivity contribution in [1.82, 2.24) is 19.4 Å². The van der Waals surface area contributed by atoms with Gasteiger partial charge in [0.2, 0.25) is 0 Å². The quantitative estimate of drug-likeness (QED) is 0.734. The fourth-order valence-electron chi connectivity index (χ4n) is 3.35. The number of hydrogen-bond donors (Lipinski definition) is 1. The van der Waals surface area contributed by atoms with Crippen molar-refractivity contribution in [1.29, 1.82) is 0 Å². The zero-order valence-electron chi connectivity index (χ0n) is 14.5. The first-order valence-corrected chi connectivity index (χ1v) is 9.09. The first kappa shape index (κ1) is 16.8. The Balaban J connectivity index is 1.40. The van der Waals surface area contributed by atoms with E-state index in [9.17, 15) is 4.79 Å². The Labute approximate surface area is 156 Å². The molecule has 0 saturated carbocycles. The number of piperidine rings is 1. The van der Waals surface area contributed by atoms with E-state index in [4.69, 9.17) is 11.6 Å². The van der Waals surface area contributed by atoms with Gasteiger partial charge in [-0.1, -0.05) is 17.7 Å². The van der Waals surface area contributed by atoms with Gasteiger partial charge in [-0.05, 0) is 49.6 Å². The number of nitrogens with one attached hydrogen (secondary N) is 1. The number of carbonyl (C=O) groups is 1. The number of hydrogen-bond acceptors (Lipinski definition) is 3. The summed E-state index contributed by atoms with van der Waals surface area (Å²) in [5.41, 5.74) is 3.53. The van der Waals surface area contributed by atoms with Crippen LogP contribution in [0.25, 0.3) is 11.2 Å². The van der Waals surface area contributed by atoms with E-state index in [-0.39, 0.29) is 6.03 Å². The van der Waals surface area contributed by atoms with Gasteiger partial charge in [0.15, 0.2) is 5.65 Å². The molecule has 1 fully saturated rings. The van der Waals surface area contributed by atoms with Crippen molar-refractivity contribution < 1.29 is 4.79 Å². The van der Waals surface area contributed by atoms with Crippen LogP contribution in [-0.2, 0) is 0 Å². The molecule has 0 unspecified atom stereocenters. The van der Waals surface area contributed by atoms with Gasteiger partial charge in [0.05, 0.1) is 6.33 Å². The molecule has 26 heavy (non-hydrogen) atoms. The van der Waals surface area contributed by atoms with Crippen molar-refractivity contribution in [2.24, 2.45) is 0 Å². The third-order valence-electron chi connectivity index (χ3n) is 4.90. The zero-order chi connectivity index (χ0) is 18.1. The summed E-state index contributed by atoms with van der Waals surface area (Å²) in [6, 6.07) is 9.64. The molecule has 0 bridgehead atoms. The van der Waals surface area contributed by atoms with Crippen molar-refractivity contribution in [2.45, 2.75) is 25.8 Å². The Hall–Kier alpha value is -2.60. The minimum Gasteiger partial charge on any atom is -0.324 e. The summed E-state index contributed by atoms with van der Waals surface area (Å²) in [7, 11) is 0. The predicted octanol–water partition coefficient (Wildman–Crippen LogP) is 4.26. The van der Waals surface area contributed by atoms with Crippen LogP contribution in [-0.4, -0.2) is 38.6 Å². The number of imidazole rings is 1. The van der Waals surface area contributed by atoms with E-state index >= 15 is 0 Å². The van der Waals surface area contributed by atoms with E-state index in [2.05, 4.69) is 19.9 Å². The number of likely N-dealkylation sites (tertiary alicyclic amines) is 1. The Morgan fingerprint density at radius 1 is 1.23 bits per heavy atom. The summed E-state index contributed by atoms with van der Waals surface area (Å²) in [5, 5.41) is 3.58. The van der Waals surface area contributed by atoms with E-state index in [1.807, 2.05) is 42.4 Å². The predicted molar refractivity (Wildman–Crippen MR) is 103 cm³/mol. The highest BCUT2D eigenvalue weighted by molar-refractivity contribution is 6.31. The average molecular weight is 370 g/mol. The molecular weight excluding hydrogens is 350 g/mol. The van der Waals surface area contributed by atoms with Crippen molar-refractivity contribution in [3.05, 3.63) is 53.4 Å². The van der Waals surface area contributed by atoms with Crippen LogP contribution in [0.2, 0.25) is 5.02 Å². The highest BCUT2D eigenvalue weighted by Crippen LogP contribution is 2.26. The lowest BCUT2D eigenvalue weighted by atomic mass is 10.1. The van der Waals surface area contributed by atoms with Crippen LogP contribution < -0.4 is 5.32 Å². The minimum absolute atomic E-state index is 0.0861. The van der Waals surface area contributed by atoms with Crippen molar-refractivity contribution >= 4 is 34.5 Å². The topological polar surface area (TPSA) is 63.1 Å². The molecular formula is C19H20ClN5O. The Kier molecular flexibility index (Phi) is 4.51. The molecule has 0 spiro atoms. The van der Waals surface area contributed by atoms with Crippen molar-refractivity contribution in [3.8, 4) is 0 Å². The van der Waals surface area contributed by atoms with Gasteiger partial charge in [-0.25, -0.2) is 14.8 Å². The number of rotatable bonds is 2. The van der Waals surface area contributed by atoms with Crippen LogP contribution in [0, 0.1) is 6.92 Å². The number of nitrogens with zero attached hydrogens (tertiary/aromatic N) is 4. The summed E-state index contributed by atoms with van der Waals surface area (Å²) in [5.74, 6) is 0. The summed E-state index contributed by atoms with van der Waals surface area (Å²) < 4.78 is 2.13. The van der Waals surface area contributed by atoms with Crippen LogP contribution in [0.4, 0.5) is 10.5 Å².